The van der Waals surface area contributed by atoms with E-state index in [1.54, 1.807) is 30.3 Å². The molecule has 1 fully saturated rings. The predicted molar refractivity (Wildman–Crippen MR) is 129 cm³/mol. The first kappa shape index (κ1) is 21.8. The van der Waals surface area contributed by atoms with E-state index in [0.717, 1.165) is 22.6 Å². The highest BCUT2D eigenvalue weighted by Gasteiger charge is 2.36. The number of nitrogens with zero attached hydrogens (tertiary/aromatic N) is 2. The zero-order chi connectivity index (χ0) is 23.0. The number of methoxy groups -OCH3 is 1. The molecule has 8 heteroatoms. The van der Waals surface area contributed by atoms with Gasteiger partial charge in [0.1, 0.15) is 11.3 Å². The Kier molecular flexibility index (Phi) is 5.86. The third-order valence-electron chi connectivity index (χ3n) is 5.26. The van der Waals surface area contributed by atoms with E-state index in [2.05, 4.69) is 5.32 Å². The van der Waals surface area contributed by atoms with Crippen LogP contribution in [0.25, 0.3) is 11.8 Å². The zero-order valence-electron chi connectivity index (χ0n) is 17.7. The molecule has 1 saturated heterocycles. The quantitative estimate of drug-likeness (QED) is 0.348. The molecule has 2 aromatic carbocycles. The lowest BCUT2D eigenvalue weighted by Gasteiger charge is -2.29. The number of thiocarbonyl (C=S) groups is 1. The van der Waals surface area contributed by atoms with Crippen molar-refractivity contribution in [3.63, 3.8) is 0 Å². The highest BCUT2D eigenvalue weighted by atomic mass is 35.5. The van der Waals surface area contributed by atoms with Crippen molar-refractivity contribution in [1.82, 2.24) is 9.88 Å². The number of hydrogen-bond donors (Lipinski definition) is 1. The van der Waals surface area contributed by atoms with Crippen LogP contribution >= 0.6 is 23.8 Å². The number of carbonyl (C=O) groups excluding carboxylic acids is 2. The fourth-order valence-electron chi connectivity index (χ4n) is 3.79. The van der Waals surface area contributed by atoms with Crippen LogP contribution in [0.15, 0.2) is 60.2 Å². The Morgan fingerprint density at radius 1 is 1.06 bits per heavy atom. The minimum Gasteiger partial charge on any atom is -0.495 e. The van der Waals surface area contributed by atoms with Crippen LogP contribution in [0.5, 0.6) is 5.75 Å². The first-order valence-electron chi connectivity index (χ1n) is 9.81. The van der Waals surface area contributed by atoms with Gasteiger partial charge in [-0.25, -0.2) is 4.90 Å². The Morgan fingerprint density at radius 3 is 2.53 bits per heavy atom. The third-order valence-corrected chi connectivity index (χ3v) is 5.78. The number of benzene rings is 2. The lowest BCUT2D eigenvalue weighted by atomic mass is 10.1. The van der Waals surface area contributed by atoms with Gasteiger partial charge >= 0.3 is 0 Å². The third kappa shape index (κ3) is 3.81. The maximum absolute atomic E-state index is 13.4. The standard InChI is InChI=1S/C24H20ClN3O3S/c1-14-11-16(15(2)27(14)18-8-6-7-17(25)13-18)12-19-22(29)26-24(32)28(23(19)30)20-9-4-5-10-21(20)31-3/h4-13H,1-3H3,(H,26,29,32)/b19-12+. The molecular formula is C24H20ClN3O3S. The van der Waals surface area contributed by atoms with Crippen molar-refractivity contribution in [1.29, 1.82) is 0 Å². The van der Waals surface area contributed by atoms with E-state index >= 15 is 0 Å². The van der Waals surface area contributed by atoms with Crippen LogP contribution in [0.1, 0.15) is 17.0 Å². The summed E-state index contributed by atoms with van der Waals surface area (Å²) in [5.41, 5.74) is 3.89. The van der Waals surface area contributed by atoms with Crippen molar-refractivity contribution < 1.29 is 14.3 Å². The molecule has 1 aliphatic rings. The number of rotatable bonds is 4. The fraction of sp³-hybridized carbons (Fsp3) is 0.125. The Labute approximate surface area is 196 Å². The summed E-state index contributed by atoms with van der Waals surface area (Å²) < 4.78 is 7.39. The SMILES string of the molecule is COc1ccccc1N1C(=O)/C(=C/c2cc(C)n(-c3cccc(Cl)c3)c2C)C(=O)NC1=S. The number of aromatic nitrogens is 1. The van der Waals surface area contributed by atoms with Gasteiger partial charge < -0.3 is 9.30 Å². The summed E-state index contributed by atoms with van der Waals surface area (Å²) >= 11 is 11.5. The molecule has 0 spiro atoms. The lowest BCUT2D eigenvalue weighted by molar-refractivity contribution is -0.122. The molecule has 162 valence electrons. The smallest absolute Gasteiger partial charge is 0.270 e. The molecule has 0 saturated carbocycles. The second-order valence-electron chi connectivity index (χ2n) is 7.27. The van der Waals surface area contributed by atoms with Crippen LogP contribution in [-0.2, 0) is 9.59 Å². The van der Waals surface area contributed by atoms with Gasteiger partial charge in [0, 0.05) is 22.1 Å². The van der Waals surface area contributed by atoms with Gasteiger partial charge in [0.25, 0.3) is 11.8 Å². The van der Waals surface area contributed by atoms with Crippen LogP contribution in [0, 0.1) is 13.8 Å². The van der Waals surface area contributed by atoms with Gasteiger partial charge in [0.15, 0.2) is 5.11 Å². The summed E-state index contributed by atoms with van der Waals surface area (Å²) in [6, 6.07) is 16.4. The van der Waals surface area contributed by atoms with Crippen molar-refractivity contribution >= 4 is 52.5 Å². The van der Waals surface area contributed by atoms with Crippen molar-refractivity contribution in [3.8, 4) is 11.4 Å². The van der Waals surface area contributed by atoms with E-state index in [9.17, 15) is 9.59 Å². The Bertz CT molecular complexity index is 1300. The van der Waals surface area contributed by atoms with Crippen LogP contribution in [-0.4, -0.2) is 28.6 Å². The number of halogens is 1. The molecule has 6 nitrogen and oxygen atoms in total. The highest BCUT2D eigenvalue weighted by molar-refractivity contribution is 7.80. The van der Waals surface area contributed by atoms with Crippen LogP contribution < -0.4 is 15.0 Å². The first-order chi connectivity index (χ1) is 15.3. The second kappa shape index (κ2) is 8.61. The molecule has 1 N–H and O–H groups in total. The summed E-state index contributed by atoms with van der Waals surface area (Å²) in [7, 11) is 1.51. The topological polar surface area (TPSA) is 63.6 Å². The minimum absolute atomic E-state index is 0.00560. The molecule has 0 aliphatic carbocycles. The molecule has 1 aromatic heterocycles. The molecule has 1 aliphatic heterocycles. The maximum Gasteiger partial charge on any atom is 0.270 e. The minimum atomic E-state index is -0.543. The predicted octanol–water partition coefficient (Wildman–Crippen LogP) is 4.59. The average molecular weight is 466 g/mol. The van der Waals surface area contributed by atoms with E-state index in [0.29, 0.717) is 16.5 Å². The monoisotopic (exact) mass is 465 g/mol. The van der Waals surface area contributed by atoms with Gasteiger partial charge in [-0.2, -0.15) is 0 Å². The van der Waals surface area contributed by atoms with Crippen LogP contribution in [0.3, 0.4) is 0 Å². The van der Waals surface area contributed by atoms with Gasteiger partial charge in [0.05, 0.1) is 12.8 Å². The molecule has 2 heterocycles. The molecule has 3 aromatic rings. The van der Waals surface area contributed by atoms with E-state index in [4.69, 9.17) is 28.6 Å². The van der Waals surface area contributed by atoms with Gasteiger partial charge in [0.2, 0.25) is 0 Å². The molecule has 0 unspecified atom stereocenters. The number of carbonyl (C=O) groups is 2. The summed E-state index contributed by atoms with van der Waals surface area (Å²) in [5.74, 6) is -0.590. The molecule has 2 amide bonds. The summed E-state index contributed by atoms with van der Waals surface area (Å²) in [4.78, 5) is 27.3. The molecule has 32 heavy (non-hydrogen) atoms. The fourth-order valence-corrected chi connectivity index (χ4v) is 4.25. The van der Waals surface area contributed by atoms with Gasteiger partial charge in [-0.15, -0.1) is 0 Å². The Balaban J connectivity index is 1.79. The first-order valence-corrected chi connectivity index (χ1v) is 10.6. The lowest BCUT2D eigenvalue weighted by Crippen LogP contribution is -2.54. The van der Waals surface area contributed by atoms with E-state index < -0.39 is 11.8 Å². The molecule has 0 radical (unpaired) electrons. The van der Waals surface area contributed by atoms with Crippen LogP contribution in [0.4, 0.5) is 5.69 Å². The van der Waals surface area contributed by atoms with Crippen molar-refractivity contribution in [3.05, 3.63) is 82.1 Å². The molecule has 4 rings (SSSR count). The zero-order valence-corrected chi connectivity index (χ0v) is 19.3. The number of anilines is 1. The van der Waals surface area contributed by atoms with Crippen molar-refractivity contribution in [2.24, 2.45) is 0 Å². The number of ether oxygens (including phenoxy) is 1. The number of para-hydroxylation sites is 2. The summed E-state index contributed by atoms with van der Waals surface area (Å²) in [6.45, 7) is 3.88. The van der Waals surface area contributed by atoms with E-state index in [1.807, 2.05) is 48.7 Å². The normalized spacial score (nSPS) is 15.3. The maximum atomic E-state index is 13.4. The summed E-state index contributed by atoms with van der Waals surface area (Å²) in [6.07, 6.45) is 1.59. The van der Waals surface area contributed by atoms with Crippen molar-refractivity contribution in [2.45, 2.75) is 13.8 Å². The van der Waals surface area contributed by atoms with Crippen molar-refractivity contribution in [2.75, 3.05) is 12.0 Å². The van der Waals surface area contributed by atoms with E-state index in [-0.39, 0.29) is 10.7 Å². The average Bonchev–Trinajstić information content (AvgIpc) is 3.04. The highest BCUT2D eigenvalue weighted by Crippen LogP contribution is 2.31. The number of aryl methyl sites for hydroxylation is 1. The number of nitrogens with one attached hydrogen (secondary N) is 1. The number of hydrogen-bond acceptors (Lipinski definition) is 4. The number of amides is 2. The Hall–Kier alpha value is -3.42. The van der Waals surface area contributed by atoms with Gasteiger partial charge in [-0.3, -0.25) is 14.9 Å². The Morgan fingerprint density at radius 2 is 1.81 bits per heavy atom. The van der Waals surface area contributed by atoms with Crippen LogP contribution in [0.2, 0.25) is 5.02 Å². The summed E-state index contributed by atoms with van der Waals surface area (Å²) in [5, 5.41) is 3.24. The largest absolute Gasteiger partial charge is 0.495 e. The molecule has 0 atom stereocenters. The molecule has 0 bridgehead atoms. The van der Waals surface area contributed by atoms with Gasteiger partial charge in [-0.1, -0.05) is 29.8 Å². The van der Waals surface area contributed by atoms with Gasteiger partial charge in [-0.05, 0) is 74.1 Å². The molecular weight excluding hydrogens is 446 g/mol. The second-order valence-corrected chi connectivity index (χ2v) is 8.09. The van der Waals surface area contributed by atoms with E-state index in [1.165, 1.54) is 12.0 Å².